The van der Waals surface area contributed by atoms with Gasteiger partial charge in [-0.3, -0.25) is 9.59 Å². The molecule has 1 aromatic heterocycles. The molecule has 0 radical (unpaired) electrons. The van der Waals surface area contributed by atoms with Crippen LogP contribution in [0.3, 0.4) is 0 Å². The van der Waals surface area contributed by atoms with Crippen molar-refractivity contribution in [1.82, 2.24) is 5.32 Å². The van der Waals surface area contributed by atoms with Gasteiger partial charge < -0.3 is 14.5 Å². The quantitative estimate of drug-likeness (QED) is 0.800. The van der Waals surface area contributed by atoms with Crippen LogP contribution in [0.2, 0.25) is 0 Å². The molecule has 0 aliphatic heterocycles. The van der Waals surface area contributed by atoms with Gasteiger partial charge in [0.05, 0.1) is 17.7 Å². The van der Waals surface area contributed by atoms with Crippen molar-refractivity contribution >= 4 is 11.9 Å². The molecule has 0 spiro atoms. The van der Waals surface area contributed by atoms with Gasteiger partial charge in [0.1, 0.15) is 11.6 Å². The highest BCUT2D eigenvalue weighted by Crippen LogP contribution is 2.43. The van der Waals surface area contributed by atoms with Gasteiger partial charge in [0, 0.05) is 5.56 Å². The van der Waals surface area contributed by atoms with E-state index >= 15 is 0 Å². The molecule has 1 fully saturated rings. The van der Waals surface area contributed by atoms with Crippen LogP contribution in [0.1, 0.15) is 50.0 Å². The van der Waals surface area contributed by atoms with Crippen LogP contribution in [0.5, 0.6) is 0 Å². The highest BCUT2D eigenvalue weighted by Gasteiger charge is 2.45. The van der Waals surface area contributed by atoms with E-state index in [0.717, 1.165) is 12.8 Å². The summed E-state index contributed by atoms with van der Waals surface area (Å²) in [6, 6.07) is 9.43. The summed E-state index contributed by atoms with van der Waals surface area (Å²) in [5.74, 6) is -0.768. The van der Waals surface area contributed by atoms with Crippen LogP contribution in [0, 0.1) is 5.82 Å². The Balaban J connectivity index is 1.64. The Kier molecular flexibility index (Phi) is 5.40. The zero-order valence-electron chi connectivity index (χ0n) is 14.7. The van der Waals surface area contributed by atoms with Crippen molar-refractivity contribution in [2.75, 3.05) is 6.61 Å². The third-order valence-electron chi connectivity index (χ3n) is 4.92. The van der Waals surface area contributed by atoms with Gasteiger partial charge in [0.25, 0.3) is 5.91 Å². The number of carbonyl (C=O) groups excluding carboxylic acids is 2. The molecule has 0 saturated heterocycles. The Morgan fingerprint density at radius 1 is 1.23 bits per heavy atom. The first-order valence-corrected chi connectivity index (χ1v) is 8.78. The van der Waals surface area contributed by atoms with E-state index in [9.17, 15) is 14.0 Å². The van der Waals surface area contributed by atoms with E-state index < -0.39 is 29.7 Å². The number of esters is 1. The normalized spacial score (nSPS) is 16.8. The smallest absolute Gasteiger partial charge is 0.317 e. The van der Waals surface area contributed by atoms with Crippen LogP contribution < -0.4 is 5.32 Å². The topological polar surface area (TPSA) is 68.5 Å². The van der Waals surface area contributed by atoms with Gasteiger partial charge in [-0.05, 0) is 38.0 Å². The molecule has 3 rings (SSSR count). The monoisotopic (exact) mass is 359 g/mol. The molecule has 1 saturated carbocycles. The second-order valence-corrected chi connectivity index (χ2v) is 6.65. The van der Waals surface area contributed by atoms with Crippen molar-refractivity contribution in [2.24, 2.45) is 0 Å². The van der Waals surface area contributed by atoms with Crippen LogP contribution in [-0.4, -0.2) is 18.5 Å². The molecule has 2 aromatic rings. The maximum atomic E-state index is 14.3. The van der Waals surface area contributed by atoms with E-state index in [1.54, 1.807) is 37.3 Å². The van der Waals surface area contributed by atoms with Gasteiger partial charge in [-0.1, -0.05) is 31.0 Å². The van der Waals surface area contributed by atoms with Crippen LogP contribution in [-0.2, 0) is 19.7 Å². The minimum absolute atomic E-state index is 0.330. The molecule has 1 heterocycles. The van der Waals surface area contributed by atoms with Crippen molar-refractivity contribution in [1.29, 1.82) is 0 Å². The molecule has 1 aliphatic rings. The summed E-state index contributed by atoms with van der Waals surface area (Å²) in [5, 5.41) is 2.71. The van der Waals surface area contributed by atoms with E-state index in [2.05, 4.69) is 5.32 Å². The predicted octanol–water partition coefficient (Wildman–Crippen LogP) is 3.65. The summed E-state index contributed by atoms with van der Waals surface area (Å²) >= 11 is 0. The van der Waals surface area contributed by atoms with Crippen LogP contribution in [0.25, 0.3) is 0 Å². The van der Waals surface area contributed by atoms with Crippen molar-refractivity contribution < 1.29 is 23.1 Å². The Hall–Kier alpha value is -2.63. The van der Waals surface area contributed by atoms with Gasteiger partial charge in [0.15, 0.2) is 6.61 Å². The predicted molar refractivity (Wildman–Crippen MR) is 92.8 cm³/mol. The molecule has 1 aliphatic carbocycles. The molecule has 1 atom stereocenters. The Labute approximate surface area is 151 Å². The summed E-state index contributed by atoms with van der Waals surface area (Å²) in [6.45, 7) is 1.37. The lowest BCUT2D eigenvalue weighted by Crippen LogP contribution is -2.38. The van der Waals surface area contributed by atoms with Crippen LogP contribution >= 0.6 is 0 Å². The molecule has 138 valence electrons. The number of hydrogen-bond acceptors (Lipinski definition) is 4. The average molecular weight is 359 g/mol. The van der Waals surface area contributed by atoms with Crippen molar-refractivity contribution in [3.05, 3.63) is 59.8 Å². The van der Waals surface area contributed by atoms with Crippen molar-refractivity contribution in [2.45, 2.75) is 44.1 Å². The highest BCUT2D eigenvalue weighted by atomic mass is 19.1. The first kappa shape index (κ1) is 18.2. The first-order valence-electron chi connectivity index (χ1n) is 8.78. The van der Waals surface area contributed by atoms with Crippen molar-refractivity contribution in [3.8, 4) is 0 Å². The van der Waals surface area contributed by atoms with Gasteiger partial charge in [-0.15, -0.1) is 0 Å². The summed E-state index contributed by atoms with van der Waals surface area (Å²) in [6.07, 6.45) is 4.22. The number of ether oxygens (including phenoxy) is 1. The minimum atomic E-state index is -1.00. The van der Waals surface area contributed by atoms with Crippen molar-refractivity contribution in [3.63, 3.8) is 0 Å². The van der Waals surface area contributed by atoms with Crippen LogP contribution in [0.4, 0.5) is 4.39 Å². The van der Waals surface area contributed by atoms with E-state index in [-0.39, 0.29) is 6.04 Å². The summed E-state index contributed by atoms with van der Waals surface area (Å²) < 4.78 is 24.8. The number of nitrogens with one attached hydrogen (secondary N) is 1. The van der Waals surface area contributed by atoms with E-state index in [0.29, 0.717) is 24.2 Å². The largest absolute Gasteiger partial charge is 0.467 e. The molecular weight excluding hydrogens is 337 g/mol. The molecule has 26 heavy (non-hydrogen) atoms. The summed E-state index contributed by atoms with van der Waals surface area (Å²) in [5.41, 5.74) is -0.648. The maximum absolute atomic E-state index is 14.3. The summed E-state index contributed by atoms with van der Waals surface area (Å²) in [7, 11) is 0. The number of benzene rings is 1. The standard InChI is InChI=1S/C20H22FNO4/c1-14(17-9-6-12-25-17)22-18(23)13-26-19(24)20(10-4-5-11-20)15-7-2-3-8-16(15)21/h2-3,6-9,12,14H,4-5,10-11,13H2,1H3,(H,22,23)/t14-/m1/s1. The fourth-order valence-electron chi connectivity index (χ4n) is 3.57. The van der Waals surface area contributed by atoms with E-state index in [1.165, 1.54) is 12.3 Å². The molecule has 1 amide bonds. The highest BCUT2D eigenvalue weighted by molar-refractivity contribution is 5.86. The summed E-state index contributed by atoms with van der Waals surface area (Å²) in [4.78, 5) is 24.8. The number of hydrogen-bond donors (Lipinski definition) is 1. The van der Waals surface area contributed by atoms with Gasteiger partial charge in [-0.25, -0.2) is 4.39 Å². The lowest BCUT2D eigenvalue weighted by Gasteiger charge is -2.27. The molecule has 1 aromatic carbocycles. The number of furan rings is 1. The Morgan fingerprint density at radius 3 is 2.62 bits per heavy atom. The molecule has 6 heteroatoms. The molecule has 0 unspecified atom stereocenters. The molecule has 5 nitrogen and oxygen atoms in total. The number of rotatable bonds is 6. The zero-order valence-corrected chi connectivity index (χ0v) is 14.7. The molecule has 0 bridgehead atoms. The van der Waals surface area contributed by atoms with E-state index in [1.807, 2.05) is 0 Å². The fourth-order valence-corrected chi connectivity index (χ4v) is 3.57. The Morgan fingerprint density at radius 2 is 1.96 bits per heavy atom. The number of amides is 1. The lowest BCUT2D eigenvalue weighted by molar-refractivity contribution is -0.154. The second-order valence-electron chi connectivity index (χ2n) is 6.65. The first-order chi connectivity index (χ1) is 12.5. The van der Waals surface area contributed by atoms with Gasteiger partial charge >= 0.3 is 5.97 Å². The third kappa shape index (κ3) is 3.64. The maximum Gasteiger partial charge on any atom is 0.317 e. The van der Waals surface area contributed by atoms with E-state index in [4.69, 9.17) is 9.15 Å². The number of carbonyl (C=O) groups is 2. The second kappa shape index (κ2) is 7.72. The Bertz CT molecular complexity index is 766. The molecule has 1 N–H and O–H groups in total. The average Bonchev–Trinajstić information content (AvgIpc) is 3.32. The zero-order chi connectivity index (χ0) is 18.6. The number of halogens is 1. The van der Waals surface area contributed by atoms with Gasteiger partial charge in [0.2, 0.25) is 0 Å². The third-order valence-corrected chi connectivity index (χ3v) is 4.92. The van der Waals surface area contributed by atoms with Crippen LogP contribution in [0.15, 0.2) is 47.1 Å². The van der Waals surface area contributed by atoms with Gasteiger partial charge in [-0.2, -0.15) is 0 Å². The fraction of sp³-hybridized carbons (Fsp3) is 0.400. The lowest BCUT2D eigenvalue weighted by atomic mass is 9.78. The molecular formula is C20H22FNO4. The SMILES string of the molecule is C[C@@H](NC(=O)COC(=O)C1(c2ccccc2F)CCCC1)c1ccco1. The minimum Gasteiger partial charge on any atom is -0.467 e.